The molecule has 4 saturated carbocycles. The van der Waals surface area contributed by atoms with E-state index in [9.17, 15) is 25.5 Å². The standard InChI is InChI=1S/C27H48O5/c1-16(5-4-6-17(14-28)15-29)20-7-8-21-25-22(13-24(32)27(20,21)3)26(2)10-9-19(30)11-18(26)12-23(25)31/h16-25,28-32H,4-15H2,1-3H3. The molecule has 4 aliphatic carbocycles. The van der Waals surface area contributed by atoms with Gasteiger partial charge < -0.3 is 25.5 Å². The van der Waals surface area contributed by atoms with Crippen LogP contribution in [0.3, 0.4) is 0 Å². The number of hydrogen-bond donors (Lipinski definition) is 5. The van der Waals surface area contributed by atoms with Crippen LogP contribution in [-0.2, 0) is 0 Å². The smallest absolute Gasteiger partial charge is 0.0602 e. The third-order valence-corrected chi connectivity index (χ3v) is 11.3. The zero-order valence-electron chi connectivity index (χ0n) is 20.5. The summed E-state index contributed by atoms with van der Waals surface area (Å²) in [5, 5.41) is 52.0. The molecule has 0 aromatic carbocycles. The van der Waals surface area contributed by atoms with Gasteiger partial charge in [-0.05, 0) is 97.7 Å². The highest BCUT2D eigenvalue weighted by molar-refractivity contribution is 5.14. The maximum Gasteiger partial charge on any atom is 0.0602 e. The lowest BCUT2D eigenvalue weighted by Crippen LogP contribution is -2.62. The average molecular weight is 453 g/mol. The lowest BCUT2D eigenvalue weighted by Gasteiger charge is -2.63. The molecule has 0 aromatic rings. The molecule has 0 aliphatic heterocycles. The van der Waals surface area contributed by atoms with Crippen LogP contribution in [-0.4, -0.2) is 57.1 Å². The predicted octanol–water partition coefficient (Wildman–Crippen LogP) is 3.36. The predicted molar refractivity (Wildman–Crippen MR) is 125 cm³/mol. The highest BCUT2D eigenvalue weighted by atomic mass is 16.3. The van der Waals surface area contributed by atoms with Crippen LogP contribution in [0.5, 0.6) is 0 Å². The summed E-state index contributed by atoms with van der Waals surface area (Å²) in [4.78, 5) is 0. The van der Waals surface area contributed by atoms with Gasteiger partial charge in [0.25, 0.3) is 0 Å². The molecule has 0 spiro atoms. The van der Waals surface area contributed by atoms with Gasteiger partial charge in [-0.1, -0.05) is 33.6 Å². The Balaban J connectivity index is 1.50. The molecule has 0 heterocycles. The van der Waals surface area contributed by atoms with Crippen molar-refractivity contribution < 1.29 is 25.5 Å². The Kier molecular flexibility index (Phi) is 7.36. The van der Waals surface area contributed by atoms with E-state index in [1.54, 1.807) is 0 Å². The van der Waals surface area contributed by atoms with Crippen molar-refractivity contribution in [2.24, 2.45) is 52.3 Å². The van der Waals surface area contributed by atoms with E-state index in [4.69, 9.17) is 0 Å². The molecule has 0 bridgehead atoms. The zero-order valence-corrected chi connectivity index (χ0v) is 20.5. The summed E-state index contributed by atoms with van der Waals surface area (Å²) in [7, 11) is 0. The lowest BCUT2D eigenvalue weighted by atomic mass is 9.43. The summed E-state index contributed by atoms with van der Waals surface area (Å²) in [6, 6.07) is 0. The fourth-order valence-corrected chi connectivity index (χ4v) is 9.30. The van der Waals surface area contributed by atoms with E-state index in [2.05, 4.69) is 20.8 Å². The van der Waals surface area contributed by atoms with Gasteiger partial charge in [-0.25, -0.2) is 0 Å². The van der Waals surface area contributed by atoms with Crippen LogP contribution in [0.25, 0.3) is 0 Å². The van der Waals surface area contributed by atoms with Crippen LogP contribution in [0.15, 0.2) is 0 Å². The molecular weight excluding hydrogens is 404 g/mol. The molecule has 11 atom stereocenters. The van der Waals surface area contributed by atoms with Crippen molar-refractivity contribution in [1.82, 2.24) is 0 Å². The normalized spacial score (nSPS) is 49.4. The number of aliphatic hydroxyl groups excluding tert-OH is 5. The van der Waals surface area contributed by atoms with Gasteiger partial charge in [-0.15, -0.1) is 0 Å². The maximum absolute atomic E-state index is 11.6. The van der Waals surface area contributed by atoms with E-state index >= 15 is 0 Å². The van der Waals surface area contributed by atoms with Gasteiger partial charge in [0.2, 0.25) is 0 Å². The van der Waals surface area contributed by atoms with Gasteiger partial charge in [0, 0.05) is 19.1 Å². The van der Waals surface area contributed by atoms with E-state index in [0.717, 1.165) is 64.2 Å². The third-order valence-electron chi connectivity index (χ3n) is 11.3. The van der Waals surface area contributed by atoms with Crippen LogP contribution in [0, 0.1) is 52.3 Å². The van der Waals surface area contributed by atoms with E-state index in [1.165, 1.54) is 0 Å². The van der Waals surface area contributed by atoms with Gasteiger partial charge in [0.05, 0.1) is 18.3 Å². The third kappa shape index (κ3) is 3.98. The molecule has 4 fully saturated rings. The lowest BCUT2D eigenvalue weighted by molar-refractivity contribution is -0.207. The Labute approximate surface area is 194 Å². The van der Waals surface area contributed by atoms with Crippen molar-refractivity contribution in [3.63, 3.8) is 0 Å². The summed E-state index contributed by atoms with van der Waals surface area (Å²) in [5.41, 5.74) is -0.0228. The first-order valence-electron chi connectivity index (χ1n) is 13.4. The Bertz CT molecular complexity index is 638. The van der Waals surface area contributed by atoms with Crippen molar-refractivity contribution in [1.29, 1.82) is 0 Å². The monoisotopic (exact) mass is 452 g/mol. The highest BCUT2D eigenvalue weighted by Gasteiger charge is 2.65. The topological polar surface area (TPSA) is 101 Å². The average Bonchev–Trinajstić information content (AvgIpc) is 3.12. The molecule has 32 heavy (non-hydrogen) atoms. The Hall–Kier alpha value is -0.200. The molecule has 0 aromatic heterocycles. The fourth-order valence-electron chi connectivity index (χ4n) is 9.30. The summed E-state index contributed by atoms with van der Waals surface area (Å²) in [6.45, 7) is 7.11. The van der Waals surface area contributed by atoms with Gasteiger partial charge in [0.1, 0.15) is 0 Å². The second-order valence-electron chi connectivity index (χ2n) is 12.7. The number of aliphatic hydroxyl groups is 5. The second-order valence-corrected chi connectivity index (χ2v) is 12.7. The van der Waals surface area contributed by atoms with E-state index in [1.807, 2.05) is 0 Å². The molecule has 186 valence electrons. The first-order chi connectivity index (χ1) is 15.2. The number of rotatable bonds is 7. The van der Waals surface area contributed by atoms with Gasteiger partial charge in [-0.3, -0.25) is 0 Å². The van der Waals surface area contributed by atoms with E-state index in [-0.39, 0.29) is 54.2 Å². The minimum atomic E-state index is -0.332. The van der Waals surface area contributed by atoms with Crippen LogP contribution in [0.4, 0.5) is 0 Å². The summed E-state index contributed by atoms with van der Waals surface area (Å²) in [5.74, 6) is 2.27. The molecule has 11 unspecified atom stereocenters. The van der Waals surface area contributed by atoms with Crippen molar-refractivity contribution in [3.05, 3.63) is 0 Å². The summed E-state index contributed by atoms with van der Waals surface area (Å²) < 4.78 is 0. The van der Waals surface area contributed by atoms with Gasteiger partial charge in [-0.2, -0.15) is 0 Å². The van der Waals surface area contributed by atoms with E-state index < -0.39 is 0 Å². The maximum atomic E-state index is 11.6. The largest absolute Gasteiger partial charge is 0.396 e. The molecule has 4 aliphatic rings. The Morgan fingerprint density at radius 3 is 2.28 bits per heavy atom. The second kappa shape index (κ2) is 9.45. The molecule has 0 saturated heterocycles. The molecule has 4 rings (SSSR count). The zero-order chi connectivity index (χ0) is 23.3. The summed E-state index contributed by atoms with van der Waals surface area (Å²) >= 11 is 0. The number of fused-ring (bicyclic) bond motifs is 5. The molecule has 0 radical (unpaired) electrons. The van der Waals surface area contributed by atoms with Crippen molar-refractivity contribution >= 4 is 0 Å². The SMILES string of the molecule is CC(CCCC(CO)CO)C1CCC2C3C(O)CC4CC(O)CCC4(C)C3CC(O)C12C. The molecule has 0 amide bonds. The van der Waals surface area contributed by atoms with Gasteiger partial charge >= 0.3 is 0 Å². The quantitative estimate of drug-likeness (QED) is 0.408. The van der Waals surface area contributed by atoms with Crippen molar-refractivity contribution in [3.8, 4) is 0 Å². The minimum absolute atomic E-state index is 0.0183. The molecule has 5 nitrogen and oxygen atoms in total. The highest BCUT2D eigenvalue weighted by Crippen LogP contribution is 2.68. The Morgan fingerprint density at radius 1 is 0.875 bits per heavy atom. The van der Waals surface area contributed by atoms with Crippen LogP contribution >= 0.6 is 0 Å². The van der Waals surface area contributed by atoms with Crippen LogP contribution < -0.4 is 0 Å². The first kappa shape index (κ1) is 24.9. The van der Waals surface area contributed by atoms with Crippen LogP contribution in [0.1, 0.15) is 85.0 Å². The Morgan fingerprint density at radius 2 is 1.59 bits per heavy atom. The van der Waals surface area contributed by atoms with Crippen molar-refractivity contribution in [2.45, 2.75) is 103 Å². The molecule has 5 heteroatoms. The summed E-state index contributed by atoms with van der Waals surface area (Å²) in [6.07, 6.45) is 8.51. The van der Waals surface area contributed by atoms with Crippen LogP contribution in [0.2, 0.25) is 0 Å². The fraction of sp³-hybridized carbons (Fsp3) is 1.00. The minimum Gasteiger partial charge on any atom is -0.396 e. The molecular formula is C27H48O5. The first-order valence-corrected chi connectivity index (χ1v) is 13.4. The van der Waals surface area contributed by atoms with Gasteiger partial charge in [0.15, 0.2) is 0 Å². The number of hydrogen-bond acceptors (Lipinski definition) is 5. The van der Waals surface area contributed by atoms with Crippen molar-refractivity contribution in [2.75, 3.05) is 13.2 Å². The molecule has 5 N–H and O–H groups in total. The van der Waals surface area contributed by atoms with E-state index in [0.29, 0.717) is 29.6 Å².